The van der Waals surface area contributed by atoms with Gasteiger partial charge < -0.3 is 19.5 Å². The summed E-state index contributed by atoms with van der Waals surface area (Å²) in [7, 11) is 0. The van der Waals surface area contributed by atoms with Crippen LogP contribution in [0.15, 0.2) is 18.3 Å². The van der Waals surface area contributed by atoms with Gasteiger partial charge in [-0.1, -0.05) is 0 Å². The van der Waals surface area contributed by atoms with E-state index in [0.29, 0.717) is 32.8 Å². The highest BCUT2D eigenvalue weighted by Crippen LogP contribution is 2.46. The van der Waals surface area contributed by atoms with Crippen LogP contribution < -0.4 is 5.32 Å². The number of hydrogen-bond donors (Lipinski definition) is 1. The number of aromatic nitrogens is 1. The van der Waals surface area contributed by atoms with Gasteiger partial charge in [0, 0.05) is 37.3 Å². The molecule has 0 aromatic carbocycles. The quantitative estimate of drug-likeness (QED) is 0.868. The second-order valence-electron chi connectivity index (χ2n) is 8.58. The van der Waals surface area contributed by atoms with Gasteiger partial charge in [-0.25, -0.2) is 9.18 Å². The average molecular weight is 380 g/mol. The lowest BCUT2D eigenvalue weighted by Gasteiger charge is -2.45. The number of alkyl carbamates (subject to hydrolysis) is 1. The summed E-state index contributed by atoms with van der Waals surface area (Å²) in [6.07, 6.45) is 3.85. The van der Waals surface area contributed by atoms with Crippen LogP contribution in [0.2, 0.25) is 0 Å². The third-order valence-electron chi connectivity index (χ3n) is 5.26. The van der Waals surface area contributed by atoms with Crippen LogP contribution in [-0.4, -0.2) is 48.6 Å². The van der Waals surface area contributed by atoms with E-state index in [2.05, 4.69) is 10.3 Å². The molecule has 2 atom stereocenters. The SMILES string of the molecule is CC(C)(C)OC(=O)NCCC1(c2ccc(F)cn2)CCOC2(CCOC2)C1. The normalized spacial score (nSPS) is 28.3. The number of nitrogens with zero attached hydrogens (tertiary/aromatic N) is 1. The first-order valence-electron chi connectivity index (χ1n) is 9.53. The maximum atomic E-state index is 13.4. The van der Waals surface area contributed by atoms with Crippen LogP contribution in [0.4, 0.5) is 9.18 Å². The molecule has 2 aliphatic rings. The summed E-state index contributed by atoms with van der Waals surface area (Å²) < 4.78 is 30.4. The number of carbonyl (C=O) groups is 1. The van der Waals surface area contributed by atoms with Gasteiger partial charge in [-0.05, 0) is 52.2 Å². The Labute approximate surface area is 159 Å². The van der Waals surface area contributed by atoms with Crippen molar-refractivity contribution in [2.75, 3.05) is 26.4 Å². The number of carbonyl (C=O) groups excluding carboxylic acids is 1. The molecule has 0 bridgehead atoms. The van der Waals surface area contributed by atoms with Crippen molar-refractivity contribution in [1.82, 2.24) is 10.3 Å². The minimum Gasteiger partial charge on any atom is -0.444 e. The van der Waals surface area contributed by atoms with Gasteiger partial charge >= 0.3 is 6.09 Å². The van der Waals surface area contributed by atoms with Gasteiger partial charge in [-0.3, -0.25) is 4.98 Å². The smallest absolute Gasteiger partial charge is 0.407 e. The number of rotatable bonds is 4. The molecule has 0 radical (unpaired) electrons. The maximum Gasteiger partial charge on any atom is 0.407 e. The Hall–Kier alpha value is -1.73. The third-order valence-corrected chi connectivity index (χ3v) is 5.26. The summed E-state index contributed by atoms with van der Waals surface area (Å²) >= 11 is 0. The highest BCUT2D eigenvalue weighted by Gasteiger charge is 2.49. The summed E-state index contributed by atoms with van der Waals surface area (Å²) in [5.74, 6) is -0.355. The number of amides is 1. The number of halogens is 1. The molecular formula is C20H29FN2O4. The predicted octanol–water partition coefficient (Wildman–Crippen LogP) is 3.34. The summed E-state index contributed by atoms with van der Waals surface area (Å²) in [6, 6.07) is 3.19. The van der Waals surface area contributed by atoms with Gasteiger partial charge in [0.25, 0.3) is 0 Å². The van der Waals surface area contributed by atoms with Crippen molar-refractivity contribution < 1.29 is 23.4 Å². The second kappa shape index (κ2) is 7.72. The Morgan fingerprint density at radius 2 is 2.15 bits per heavy atom. The van der Waals surface area contributed by atoms with Gasteiger partial charge in [0.2, 0.25) is 0 Å². The van der Waals surface area contributed by atoms with Crippen molar-refractivity contribution in [3.8, 4) is 0 Å². The van der Waals surface area contributed by atoms with E-state index in [1.165, 1.54) is 12.3 Å². The van der Waals surface area contributed by atoms with E-state index in [9.17, 15) is 9.18 Å². The molecule has 3 rings (SSSR count). The van der Waals surface area contributed by atoms with Gasteiger partial charge in [-0.2, -0.15) is 0 Å². The molecule has 2 aliphatic heterocycles. The van der Waals surface area contributed by atoms with Crippen molar-refractivity contribution in [2.45, 2.75) is 63.1 Å². The van der Waals surface area contributed by atoms with E-state index in [0.717, 1.165) is 25.0 Å². The zero-order chi connectivity index (χ0) is 19.5. The lowest BCUT2D eigenvalue weighted by atomic mass is 9.68. The van der Waals surface area contributed by atoms with Gasteiger partial charge in [0.15, 0.2) is 0 Å². The Balaban J connectivity index is 1.74. The molecule has 2 fully saturated rings. The first kappa shape index (κ1) is 20.0. The summed E-state index contributed by atoms with van der Waals surface area (Å²) in [5, 5.41) is 2.84. The molecule has 2 saturated heterocycles. The minimum atomic E-state index is -0.537. The summed E-state index contributed by atoms with van der Waals surface area (Å²) in [5.41, 5.74) is -0.316. The van der Waals surface area contributed by atoms with E-state index in [-0.39, 0.29) is 16.8 Å². The molecular weight excluding hydrogens is 351 g/mol. The first-order valence-corrected chi connectivity index (χ1v) is 9.53. The zero-order valence-electron chi connectivity index (χ0n) is 16.3. The van der Waals surface area contributed by atoms with E-state index in [1.807, 2.05) is 20.8 Å². The highest BCUT2D eigenvalue weighted by atomic mass is 19.1. The highest BCUT2D eigenvalue weighted by molar-refractivity contribution is 5.67. The van der Waals surface area contributed by atoms with E-state index in [1.54, 1.807) is 6.07 Å². The third kappa shape index (κ3) is 4.96. The number of nitrogens with one attached hydrogen (secondary N) is 1. The van der Waals surface area contributed by atoms with Gasteiger partial charge in [0.05, 0.1) is 18.4 Å². The van der Waals surface area contributed by atoms with Gasteiger partial charge in [-0.15, -0.1) is 0 Å². The van der Waals surface area contributed by atoms with E-state index in [4.69, 9.17) is 14.2 Å². The molecule has 1 amide bonds. The minimum absolute atomic E-state index is 0.297. The molecule has 7 heteroatoms. The molecule has 1 aromatic heterocycles. The van der Waals surface area contributed by atoms with Crippen LogP contribution >= 0.6 is 0 Å². The van der Waals surface area contributed by atoms with Crippen molar-refractivity contribution in [1.29, 1.82) is 0 Å². The molecule has 3 heterocycles. The van der Waals surface area contributed by atoms with Crippen LogP contribution in [-0.2, 0) is 19.6 Å². The number of pyridine rings is 1. The molecule has 0 aliphatic carbocycles. The van der Waals surface area contributed by atoms with Gasteiger partial charge in [0.1, 0.15) is 11.4 Å². The molecule has 27 heavy (non-hydrogen) atoms. The Kier molecular flexibility index (Phi) is 5.72. The van der Waals surface area contributed by atoms with E-state index < -0.39 is 11.7 Å². The summed E-state index contributed by atoms with van der Waals surface area (Å²) in [4.78, 5) is 16.4. The molecule has 0 saturated carbocycles. The van der Waals surface area contributed by atoms with Crippen LogP contribution in [0, 0.1) is 5.82 Å². The Morgan fingerprint density at radius 3 is 2.78 bits per heavy atom. The number of ether oxygens (including phenoxy) is 3. The fourth-order valence-corrected chi connectivity index (χ4v) is 4.03. The average Bonchev–Trinajstić information content (AvgIpc) is 3.01. The topological polar surface area (TPSA) is 69.7 Å². The summed E-state index contributed by atoms with van der Waals surface area (Å²) in [6.45, 7) is 7.79. The monoisotopic (exact) mass is 380 g/mol. The lowest BCUT2D eigenvalue weighted by Crippen LogP contribution is -2.49. The van der Waals surface area contributed by atoms with E-state index >= 15 is 0 Å². The standard InChI is InChI=1S/C20H29FN2O4/c1-18(2,3)27-17(24)22-9-6-19(16-5-4-15(21)12-23-16)7-11-26-20(13-19)8-10-25-14-20/h4-5,12H,6-11,13-14H2,1-3H3,(H,22,24). The molecule has 1 spiro atoms. The van der Waals surface area contributed by atoms with Crippen LogP contribution in [0.1, 0.15) is 52.1 Å². The largest absolute Gasteiger partial charge is 0.444 e. The van der Waals surface area contributed by atoms with Crippen LogP contribution in [0.3, 0.4) is 0 Å². The lowest BCUT2D eigenvalue weighted by molar-refractivity contribution is -0.109. The van der Waals surface area contributed by atoms with Crippen molar-refractivity contribution >= 4 is 6.09 Å². The molecule has 1 aromatic rings. The zero-order valence-corrected chi connectivity index (χ0v) is 16.3. The van der Waals surface area contributed by atoms with Crippen molar-refractivity contribution in [2.24, 2.45) is 0 Å². The first-order chi connectivity index (χ1) is 12.7. The molecule has 6 nitrogen and oxygen atoms in total. The van der Waals surface area contributed by atoms with Crippen molar-refractivity contribution in [3.63, 3.8) is 0 Å². The van der Waals surface area contributed by atoms with Crippen molar-refractivity contribution in [3.05, 3.63) is 29.8 Å². The fourth-order valence-electron chi connectivity index (χ4n) is 4.03. The Bertz CT molecular complexity index is 653. The fraction of sp³-hybridized carbons (Fsp3) is 0.700. The molecule has 1 N–H and O–H groups in total. The number of hydrogen-bond acceptors (Lipinski definition) is 5. The maximum absolute atomic E-state index is 13.4. The molecule has 150 valence electrons. The Morgan fingerprint density at radius 1 is 1.33 bits per heavy atom. The predicted molar refractivity (Wildman–Crippen MR) is 98.1 cm³/mol. The van der Waals surface area contributed by atoms with Crippen LogP contribution in [0.5, 0.6) is 0 Å². The van der Waals surface area contributed by atoms with Crippen LogP contribution in [0.25, 0.3) is 0 Å². The second-order valence-corrected chi connectivity index (χ2v) is 8.58. The molecule has 2 unspecified atom stereocenters.